The molecule has 0 spiro atoms. The van der Waals surface area contributed by atoms with Gasteiger partial charge < -0.3 is 4.74 Å². The van der Waals surface area contributed by atoms with Crippen molar-refractivity contribution in [3.8, 4) is 0 Å². The fourth-order valence-electron chi connectivity index (χ4n) is 4.09. The molecule has 1 fully saturated rings. The van der Waals surface area contributed by atoms with E-state index in [0.717, 1.165) is 38.5 Å². The SMILES string of the molecule is CCC(C)(C)CC(C)(C(=O)OC1(CC)CCCCC1)C(C)(C)CC. The molecule has 0 aliphatic heterocycles. The van der Waals surface area contributed by atoms with Crippen LogP contribution in [-0.2, 0) is 9.53 Å². The lowest BCUT2D eigenvalue weighted by Gasteiger charge is -2.48. The number of carbonyl (C=O) groups is 1. The molecule has 0 saturated heterocycles. The Morgan fingerprint density at radius 3 is 1.88 bits per heavy atom. The first kappa shape index (κ1) is 21.5. The second-order valence-electron chi connectivity index (χ2n) is 9.75. The molecule has 1 unspecified atom stereocenters. The van der Waals surface area contributed by atoms with Gasteiger partial charge in [-0.2, -0.15) is 0 Å². The molecular formula is C22H42O2. The summed E-state index contributed by atoms with van der Waals surface area (Å²) in [5.74, 6) is 0.0413. The maximum absolute atomic E-state index is 13.5. The standard InChI is InChI=1S/C22H42O2/c1-9-19(4,5)17-21(8,20(6,7)10-2)18(23)24-22(11-3)15-13-12-14-16-22/h9-17H2,1-8H3. The molecule has 1 rings (SSSR count). The van der Waals surface area contributed by atoms with Gasteiger partial charge in [0.15, 0.2) is 0 Å². The Balaban J connectivity index is 3.12. The summed E-state index contributed by atoms with van der Waals surface area (Å²) < 4.78 is 6.33. The van der Waals surface area contributed by atoms with E-state index in [1.165, 1.54) is 19.3 Å². The van der Waals surface area contributed by atoms with Crippen LogP contribution in [0, 0.1) is 16.2 Å². The van der Waals surface area contributed by atoms with E-state index in [2.05, 4.69) is 55.4 Å². The topological polar surface area (TPSA) is 26.3 Å². The van der Waals surface area contributed by atoms with E-state index in [1.807, 2.05) is 0 Å². The lowest BCUT2D eigenvalue weighted by atomic mass is 9.58. The monoisotopic (exact) mass is 338 g/mol. The Labute approximate surface area is 151 Å². The van der Waals surface area contributed by atoms with Gasteiger partial charge in [0.2, 0.25) is 0 Å². The van der Waals surface area contributed by atoms with Gasteiger partial charge in [-0.15, -0.1) is 0 Å². The molecule has 1 saturated carbocycles. The van der Waals surface area contributed by atoms with Crippen LogP contribution in [0.2, 0.25) is 0 Å². The van der Waals surface area contributed by atoms with Crippen molar-refractivity contribution in [2.45, 2.75) is 119 Å². The van der Waals surface area contributed by atoms with Crippen molar-refractivity contribution in [3.63, 3.8) is 0 Å². The minimum atomic E-state index is -0.444. The average molecular weight is 339 g/mol. The molecule has 0 N–H and O–H groups in total. The van der Waals surface area contributed by atoms with E-state index in [9.17, 15) is 4.79 Å². The molecule has 0 radical (unpaired) electrons. The average Bonchev–Trinajstić information content (AvgIpc) is 2.55. The second-order valence-corrected chi connectivity index (χ2v) is 9.75. The summed E-state index contributed by atoms with van der Waals surface area (Å²) in [7, 11) is 0. The molecule has 0 aromatic carbocycles. The molecule has 1 atom stereocenters. The fourth-order valence-corrected chi connectivity index (χ4v) is 4.09. The van der Waals surface area contributed by atoms with Crippen molar-refractivity contribution >= 4 is 5.97 Å². The Bertz CT molecular complexity index is 416. The van der Waals surface area contributed by atoms with Crippen LogP contribution in [0.5, 0.6) is 0 Å². The van der Waals surface area contributed by atoms with Gasteiger partial charge in [-0.1, -0.05) is 61.3 Å². The zero-order valence-corrected chi connectivity index (χ0v) is 17.7. The van der Waals surface area contributed by atoms with Crippen molar-refractivity contribution in [2.24, 2.45) is 16.2 Å². The van der Waals surface area contributed by atoms with Gasteiger partial charge in [0.05, 0.1) is 5.41 Å². The first-order valence-electron chi connectivity index (χ1n) is 10.2. The van der Waals surface area contributed by atoms with Crippen molar-refractivity contribution in [3.05, 3.63) is 0 Å². The highest BCUT2D eigenvalue weighted by molar-refractivity contribution is 5.78. The van der Waals surface area contributed by atoms with Crippen LogP contribution in [0.4, 0.5) is 0 Å². The highest BCUT2D eigenvalue weighted by Gasteiger charge is 2.51. The minimum Gasteiger partial charge on any atom is -0.459 e. The van der Waals surface area contributed by atoms with Gasteiger partial charge in [-0.25, -0.2) is 0 Å². The highest BCUT2D eigenvalue weighted by atomic mass is 16.6. The van der Waals surface area contributed by atoms with E-state index in [4.69, 9.17) is 4.74 Å². The van der Waals surface area contributed by atoms with Crippen molar-refractivity contribution in [1.82, 2.24) is 0 Å². The van der Waals surface area contributed by atoms with Gasteiger partial charge in [0.1, 0.15) is 5.60 Å². The lowest BCUT2D eigenvalue weighted by molar-refractivity contribution is -0.186. The zero-order valence-electron chi connectivity index (χ0n) is 17.7. The highest BCUT2D eigenvalue weighted by Crippen LogP contribution is 2.51. The van der Waals surface area contributed by atoms with E-state index in [0.29, 0.717) is 0 Å². The van der Waals surface area contributed by atoms with E-state index in [-0.39, 0.29) is 22.4 Å². The molecular weight excluding hydrogens is 296 g/mol. The van der Waals surface area contributed by atoms with Crippen LogP contribution < -0.4 is 0 Å². The number of hydrogen-bond acceptors (Lipinski definition) is 2. The first-order valence-corrected chi connectivity index (χ1v) is 10.2. The van der Waals surface area contributed by atoms with Crippen LogP contribution in [0.3, 0.4) is 0 Å². The molecule has 0 heterocycles. The Morgan fingerprint density at radius 1 is 0.917 bits per heavy atom. The smallest absolute Gasteiger partial charge is 0.312 e. The molecule has 0 bridgehead atoms. The number of ether oxygens (including phenoxy) is 1. The first-order chi connectivity index (χ1) is 11.0. The van der Waals surface area contributed by atoms with Crippen LogP contribution in [0.15, 0.2) is 0 Å². The predicted molar refractivity (Wildman–Crippen MR) is 103 cm³/mol. The van der Waals surface area contributed by atoms with Gasteiger partial charge in [0, 0.05) is 0 Å². The van der Waals surface area contributed by atoms with Gasteiger partial charge in [0.25, 0.3) is 0 Å². The molecule has 0 aromatic heterocycles. The third-order valence-electron chi connectivity index (χ3n) is 7.34. The summed E-state index contributed by atoms with van der Waals surface area (Å²) in [5, 5.41) is 0. The molecule has 2 nitrogen and oxygen atoms in total. The summed E-state index contributed by atoms with van der Waals surface area (Å²) in [6.07, 6.45) is 9.62. The summed E-state index contributed by atoms with van der Waals surface area (Å²) in [5.41, 5.74) is -0.579. The van der Waals surface area contributed by atoms with Gasteiger partial charge >= 0.3 is 5.97 Å². The van der Waals surface area contributed by atoms with E-state index in [1.54, 1.807) is 0 Å². The second kappa shape index (κ2) is 7.79. The molecule has 142 valence electrons. The summed E-state index contributed by atoms with van der Waals surface area (Å²) >= 11 is 0. The van der Waals surface area contributed by atoms with Crippen LogP contribution in [0.1, 0.15) is 113 Å². The third-order valence-corrected chi connectivity index (χ3v) is 7.34. The van der Waals surface area contributed by atoms with Gasteiger partial charge in [-0.3, -0.25) is 4.79 Å². The van der Waals surface area contributed by atoms with Gasteiger partial charge in [-0.05, 0) is 62.7 Å². The number of hydrogen-bond donors (Lipinski definition) is 0. The number of esters is 1. The number of rotatable bonds is 8. The molecule has 0 aromatic rings. The zero-order chi connectivity index (χ0) is 18.6. The molecule has 2 heteroatoms. The fraction of sp³-hybridized carbons (Fsp3) is 0.955. The minimum absolute atomic E-state index is 0.0413. The number of carbonyl (C=O) groups excluding carboxylic acids is 1. The maximum Gasteiger partial charge on any atom is 0.312 e. The van der Waals surface area contributed by atoms with Crippen molar-refractivity contribution in [1.29, 1.82) is 0 Å². The molecule has 24 heavy (non-hydrogen) atoms. The summed E-state index contributed by atoms with van der Waals surface area (Å²) in [6, 6.07) is 0. The van der Waals surface area contributed by atoms with Crippen LogP contribution >= 0.6 is 0 Å². The Morgan fingerprint density at radius 2 is 1.46 bits per heavy atom. The Hall–Kier alpha value is -0.530. The molecule has 1 aliphatic carbocycles. The van der Waals surface area contributed by atoms with Crippen molar-refractivity contribution < 1.29 is 9.53 Å². The lowest BCUT2D eigenvalue weighted by Crippen LogP contribution is -2.49. The molecule has 0 amide bonds. The maximum atomic E-state index is 13.5. The predicted octanol–water partition coefficient (Wildman–Crippen LogP) is 6.91. The third kappa shape index (κ3) is 4.55. The van der Waals surface area contributed by atoms with Crippen LogP contribution in [-0.4, -0.2) is 11.6 Å². The van der Waals surface area contributed by atoms with Crippen molar-refractivity contribution in [2.75, 3.05) is 0 Å². The molecule has 1 aliphatic rings. The summed E-state index contributed by atoms with van der Waals surface area (Å²) in [6.45, 7) is 17.8. The quantitative estimate of drug-likeness (QED) is 0.449. The summed E-state index contributed by atoms with van der Waals surface area (Å²) in [4.78, 5) is 13.5. The Kier molecular flexibility index (Phi) is 6.98. The van der Waals surface area contributed by atoms with E-state index >= 15 is 0 Å². The van der Waals surface area contributed by atoms with E-state index < -0.39 is 5.41 Å². The van der Waals surface area contributed by atoms with Crippen LogP contribution in [0.25, 0.3) is 0 Å². The normalized spacial score (nSPS) is 21.2. The largest absolute Gasteiger partial charge is 0.459 e.